The second kappa shape index (κ2) is 6.05. The average Bonchev–Trinajstić information content (AvgIpc) is 2.30. The molecule has 0 aliphatic heterocycles. The maximum atomic E-state index is 12.5. The van der Waals surface area contributed by atoms with Crippen molar-refractivity contribution in [3.63, 3.8) is 0 Å². The maximum Gasteiger partial charge on any atom is 0.416 e. The molecule has 0 heterocycles. The van der Waals surface area contributed by atoms with Crippen LogP contribution in [0.25, 0.3) is 0 Å². The van der Waals surface area contributed by atoms with E-state index >= 15 is 0 Å². The lowest BCUT2D eigenvalue weighted by atomic mass is 10.0. The second-order valence-electron chi connectivity index (χ2n) is 4.00. The Morgan fingerprint density at radius 2 is 2.00 bits per heavy atom. The zero-order chi connectivity index (χ0) is 12.9. The van der Waals surface area contributed by atoms with Gasteiger partial charge in [0.1, 0.15) is 0 Å². The first-order valence-corrected chi connectivity index (χ1v) is 5.66. The lowest BCUT2D eigenvalue weighted by Crippen LogP contribution is -2.10. The molecule has 1 atom stereocenters. The van der Waals surface area contributed by atoms with Crippen molar-refractivity contribution in [3.8, 4) is 0 Å². The molecule has 0 spiro atoms. The van der Waals surface area contributed by atoms with Crippen molar-refractivity contribution in [1.29, 1.82) is 0 Å². The summed E-state index contributed by atoms with van der Waals surface area (Å²) in [5.41, 5.74) is 0.121. The third-order valence-electron chi connectivity index (χ3n) is 2.80. The molecule has 0 saturated heterocycles. The lowest BCUT2D eigenvalue weighted by molar-refractivity contribution is -0.137. The Labute approximate surface area is 99.6 Å². The molecular formula is C13H17F3O. The Morgan fingerprint density at radius 1 is 1.29 bits per heavy atom. The van der Waals surface area contributed by atoms with Gasteiger partial charge in [0.25, 0.3) is 0 Å². The summed E-state index contributed by atoms with van der Waals surface area (Å²) in [5, 5.41) is 0. The molecular weight excluding hydrogens is 229 g/mol. The topological polar surface area (TPSA) is 9.23 Å². The molecule has 17 heavy (non-hydrogen) atoms. The highest BCUT2D eigenvalue weighted by Crippen LogP contribution is 2.29. The van der Waals surface area contributed by atoms with E-state index in [2.05, 4.69) is 0 Å². The van der Waals surface area contributed by atoms with Crippen molar-refractivity contribution in [1.82, 2.24) is 0 Å². The van der Waals surface area contributed by atoms with Crippen molar-refractivity contribution in [2.24, 2.45) is 0 Å². The molecule has 0 N–H and O–H groups in total. The third kappa shape index (κ3) is 4.38. The van der Waals surface area contributed by atoms with Crippen molar-refractivity contribution in [3.05, 3.63) is 35.4 Å². The molecule has 0 aromatic heterocycles. The molecule has 1 rings (SSSR count). The van der Waals surface area contributed by atoms with Crippen LogP contribution in [0.5, 0.6) is 0 Å². The molecule has 0 saturated carbocycles. The van der Waals surface area contributed by atoms with E-state index < -0.39 is 11.7 Å². The molecule has 0 aliphatic rings. The number of halogens is 3. The van der Waals surface area contributed by atoms with Gasteiger partial charge in [-0.15, -0.1) is 0 Å². The first-order valence-electron chi connectivity index (χ1n) is 5.66. The lowest BCUT2D eigenvalue weighted by Gasteiger charge is -2.13. The van der Waals surface area contributed by atoms with Crippen molar-refractivity contribution in [2.45, 2.75) is 38.5 Å². The molecule has 0 fully saturated rings. The monoisotopic (exact) mass is 246 g/mol. The average molecular weight is 246 g/mol. The molecule has 1 aromatic carbocycles. The van der Waals surface area contributed by atoms with Gasteiger partial charge in [0.05, 0.1) is 11.7 Å². The van der Waals surface area contributed by atoms with E-state index in [1.807, 2.05) is 6.92 Å². The molecule has 1 nitrogen and oxygen atoms in total. The van der Waals surface area contributed by atoms with Crippen LogP contribution in [0.2, 0.25) is 0 Å². The van der Waals surface area contributed by atoms with E-state index in [4.69, 9.17) is 4.74 Å². The fraction of sp³-hybridized carbons (Fsp3) is 0.538. The molecule has 0 radical (unpaired) electrons. The normalized spacial score (nSPS) is 13.7. The van der Waals surface area contributed by atoms with Gasteiger partial charge in [-0.2, -0.15) is 13.2 Å². The van der Waals surface area contributed by atoms with Crippen LogP contribution in [0, 0.1) is 0 Å². The van der Waals surface area contributed by atoms with E-state index in [-0.39, 0.29) is 6.10 Å². The zero-order valence-corrected chi connectivity index (χ0v) is 10.1. The minimum atomic E-state index is -4.26. The Balaban J connectivity index is 2.66. The molecule has 96 valence electrons. The number of rotatable bonds is 5. The summed E-state index contributed by atoms with van der Waals surface area (Å²) < 4.78 is 42.6. The highest BCUT2D eigenvalue weighted by molar-refractivity contribution is 5.25. The van der Waals surface area contributed by atoms with Crippen molar-refractivity contribution < 1.29 is 17.9 Å². The number of methoxy groups -OCH3 is 1. The van der Waals surface area contributed by atoms with E-state index in [1.54, 1.807) is 13.2 Å². The van der Waals surface area contributed by atoms with Crippen LogP contribution < -0.4 is 0 Å². The molecule has 4 heteroatoms. The Kier molecular flexibility index (Phi) is 5.00. The van der Waals surface area contributed by atoms with Gasteiger partial charge in [-0.3, -0.25) is 0 Å². The third-order valence-corrected chi connectivity index (χ3v) is 2.80. The van der Waals surface area contributed by atoms with Gasteiger partial charge in [0, 0.05) is 7.11 Å². The van der Waals surface area contributed by atoms with Crippen molar-refractivity contribution in [2.75, 3.05) is 7.11 Å². The first-order chi connectivity index (χ1) is 7.97. The molecule has 0 bridgehead atoms. The van der Waals surface area contributed by atoms with E-state index in [0.717, 1.165) is 18.9 Å². The summed E-state index contributed by atoms with van der Waals surface area (Å²) in [7, 11) is 1.63. The van der Waals surface area contributed by atoms with Crippen LogP contribution >= 0.6 is 0 Å². The van der Waals surface area contributed by atoms with Crippen LogP contribution in [0.1, 0.15) is 30.9 Å². The van der Waals surface area contributed by atoms with Gasteiger partial charge >= 0.3 is 6.18 Å². The summed E-state index contributed by atoms with van der Waals surface area (Å²) in [4.78, 5) is 0. The SMILES string of the molecule is CCC(CCc1cccc(C(F)(F)F)c1)OC. The van der Waals surface area contributed by atoms with Crippen LogP contribution in [-0.4, -0.2) is 13.2 Å². The Hall–Kier alpha value is -1.03. The van der Waals surface area contributed by atoms with Crippen LogP contribution in [0.15, 0.2) is 24.3 Å². The predicted octanol–water partition coefficient (Wildman–Crippen LogP) is 4.06. The summed E-state index contributed by atoms with van der Waals surface area (Å²) in [5.74, 6) is 0. The molecule has 0 amide bonds. The summed E-state index contributed by atoms with van der Waals surface area (Å²) in [6.45, 7) is 2.00. The Bertz CT molecular complexity index is 343. The van der Waals surface area contributed by atoms with Gasteiger partial charge in [-0.1, -0.05) is 25.1 Å². The van der Waals surface area contributed by atoms with Crippen molar-refractivity contribution >= 4 is 0 Å². The quantitative estimate of drug-likeness (QED) is 0.761. The van der Waals surface area contributed by atoms with E-state index in [0.29, 0.717) is 12.0 Å². The number of aryl methyl sites for hydroxylation is 1. The molecule has 0 aliphatic carbocycles. The van der Waals surface area contributed by atoms with Gasteiger partial charge in [0.15, 0.2) is 0 Å². The molecule has 1 unspecified atom stereocenters. The number of benzene rings is 1. The van der Waals surface area contributed by atoms with Gasteiger partial charge in [0.2, 0.25) is 0 Å². The summed E-state index contributed by atoms with van der Waals surface area (Å²) in [6, 6.07) is 5.48. The van der Waals surface area contributed by atoms with E-state index in [9.17, 15) is 13.2 Å². The highest BCUT2D eigenvalue weighted by Gasteiger charge is 2.30. The summed E-state index contributed by atoms with van der Waals surface area (Å²) in [6.07, 6.45) is -1.92. The number of hydrogen-bond acceptors (Lipinski definition) is 1. The predicted molar refractivity (Wildman–Crippen MR) is 60.9 cm³/mol. The van der Waals surface area contributed by atoms with Crippen LogP contribution in [0.3, 0.4) is 0 Å². The first kappa shape index (κ1) is 14.0. The highest BCUT2D eigenvalue weighted by atomic mass is 19.4. The van der Waals surface area contributed by atoms with Crippen LogP contribution in [-0.2, 0) is 17.3 Å². The van der Waals surface area contributed by atoms with Gasteiger partial charge < -0.3 is 4.74 Å². The Morgan fingerprint density at radius 3 is 2.53 bits per heavy atom. The fourth-order valence-electron chi connectivity index (χ4n) is 1.72. The second-order valence-corrected chi connectivity index (χ2v) is 4.00. The number of hydrogen-bond donors (Lipinski definition) is 0. The minimum absolute atomic E-state index is 0.115. The van der Waals surface area contributed by atoms with Crippen LogP contribution in [0.4, 0.5) is 13.2 Å². The van der Waals surface area contributed by atoms with Gasteiger partial charge in [-0.25, -0.2) is 0 Å². The fourth-order valence-corrected chi connectivity index (χ4v) is 1.72. The standard InChI is InChI=1S/C13H17F3O/c1-3-12(17-2)8-7-10-5-4-6-11(9-10)13(14,15)16/h4-6,9,12H,3,7-8H2,1-2H3. The number of ether oxygens (including phenoxy) is 1. The number of alkyl halides is 3. The smallest absolute Gasteiger partial charge is 0.381 e. The van der Waals surface area contributed by atoms with Gasteiger partial charge in [-0.05, 0) is 30.9 Å². The zero-order valence-electron chi connectivity index (χ0n) is 10.1. The van der Waals surface area contributed by atoms with E-state index in [1.165, 1.54) is 12.1 Å². The largest absolute Gasteiger partial charge is 0.416 e. The molecule has 1 aromatic rings. The summed E-state index contributed by atoms with van der Waals surface area (Å²) >= 11 is 0. The maximum absolute atomic E-state index is 12.5. The minimum Gasteiger partial charge on any atom is -0.381 e.